The summed E-state index contributed by atoms with van der Waals surface area (Å²) in [5, 5.41) is 9.09. The van der Waals surface area contributed by atoms with Crippen LogP contribution in [-0.4, -0.2) is 60.4 Å². The molecule has 6 nitrogen and oxygen atoms in total. The van der Waals surface area contributed by atoms with Crippen molar-refractivity contribution in [2.75, 3.05) is 26.4 Å². The first-order valence-corrected chi connectivity index (χ1v) is 7.29. The van der Waals surface area contributed by atoms with Gasteiger partial charge >= 0.3 is 5.97 Å². The van der Waals surface area contributed by atoms with Crippen molar-refractivity contribution in [1.82, 2.24) is 4.90 Å². The predicted molar refractivity (Wildman–Crippen MR) is 71.3 cm³/mol. The van der Waals surface area contributed by atoms with Gasteiger partial charge in [-0.3, -0.25) is 4.79 Å². The van der Waals surface area contributed by atoms with Crippen LogP contribution in [0.1, 0.15) is 32.6 Å². The van der Waals surface area contributed by atoms with Crippen LogP contribution in [0.5, 0.6) is 0 Å². The molecule has 6 heteroatoms. The Labute approximate surface area is 119 Å². The molecule has 114 valence electrons. The third-order valence-electron chi connectivity index (χ3n) is 4.06. The van der Waals surface area contributed by atoms with Gasteiger partial charge in [-0.2, -0.15) is 0 Å². The first kappa shape index (κ1) is 15.3. The fraction of sp³-hybridized carbons (Fsp3) is 0.857. The van der Waals surface area contributed by atoms with Crippen LogP contribution in [0.4, 0.5) is 0 Å². The molecule has 20 heavy (non-hydrogen) atoms. The molecule has 0 aromatic rings. The molecule has 0 unspecified atom stereocenters. The highest BCUT2D eigenvalue weighted by molar-refractivity contribution is 5.84. The van der Waals surface area contributed by atoms with Crippen LogP contribution in [0.15, 0.2) is 0 Å². The van der Waals surface area contributed by atoms with Crippen molar-refractivity contribution in [3.63, 3.8) is 0 Å². The third-order valence-corrected chi connectivity index (χ3v) is 4.06. The van der Waals surface area contributed by atoms with E-state index in [-0.39, 0.29) is 25.2 Å². The second kappa shape index (κ2) is 7.04. The fourth-order valence-corrected chi connectivity index (χ4v) is 2.91. The topological polar surface area (TPSA) is 76.1 Å². The Bertz CT molecular complexity index is 359. The highest BCUT2D eigenvalue weighted by atomic mass is 16.5. The summed E-state index contributed by atoms with van der Waals surface area (Å²) >= 11 is 0. The largest absolute Gasteiger partial charge is 0.480 e. The molecule has 1 heterocycles. The average Bonchev–Trinajstić information content (AvgIpc) is 2.45. The monoisotopic (exact) mass is 285 g/mol. The van der Waals surface area contributed by atoms with E-state index in [4.69, 9.17) is 14.6 Å². The van der Waals surface area contributed by atoms with Crippen molar-refractivity contribution in [2.24, 2.45) is 5.92 Å². The van der Waals surface area contributed by atoms with Gasteiger partial charge in [0.05, 0.1) is 19.3 Å². The molecule has 1 saturated carbocycles. The Morgan fingerprint density at radius 1 is 1.40 bits per heavy atom. The second-order valence-corrected chi connectivity index (χ2v) is 5.72. The molecule has 1 aliphatic heterocycles. The summed E-state index contributed by atoms with van der Waals surface area (Å²) in [5.41, 5.74) is 0. The predicted octanol–water partition coefficient (Wildman–Crippen LogP) is 0.894. The molecule has 1 aliphatic carbocycles. The van der Waals surface area contributed by atoms with Crippen LogP contribution >= 0.6 is 0 Å². The van der Waals surface area contributed by atoms with Gasteiger partial charge in [-0.05, 0) is 18.8 Å². The number of morpholine rings is 1. The van der Waals surface area contributed by atoms with E-state index < -0.39 is 12.0 Å². The molecule has 1 saturated heterocycles. The maximum atomic E-state index is 12.1. The summed E-state index contributed by atoms with van der Waals surface area (Å²) < 4.78 is 10.8. The minimum atomic E-state index is -1.02. The number of ether oxygens (including phenoxy) is 2. The number of carboxylic acids is 1. The van der Waals surface area contributed by atoms with Gasteiger partial charge in [0.15, 0.2) is 6.04 Å². The van der Waals surface area contributed by atoms with Crippen molar-refractivity contribution in [2.45, 2.75) is 44.8 Å². The van der Waals surface area contributed by atoms with E-state index in [1.165, 1.54) is 11.3 Å². The lowest BCUT2D eigenvalue weighted by Gasteiger charge is -2.33. The van der Waals surface area contributed by atoms with E-state index in [0.29, 0.717) is 19.1 Å². The van der Waals surface area contributed by atoms with Gasteiger partial charge < -0.3 is 19.5 Å². The van der Waals surface area contributed by atoms with E-state index in [2.05, 4.69) is 6.92 Å². The van der Waals surface area contributed by atoms with Gasteiger partial charge in [-0.15, -0.1) is 0 Å². The highest BCUT2D eigenvalue weighted by Gasteiger charge is 2.33. The van der Waals surface area contributed by atoms with Crippen molar-refractivity contribution >= 4 is 11.9 Å². The van der Waals surface area contributed by atoms with Gasteiger partial charge in [0.25, 0.3) is 0 Å². The van der Waals surface area contributed by atoms with Gasteiger partial charge in [0, 0.05) is 6.54 Å². The van der Waals surface area contributed by atoms with Crippen LogP contribution in [-0.2, 0) is 19.1 Å². The molecule has 2 rings (SSSR count). The number of carboxylic acid groups (broad SMARTS) is 1. The smallest absolute Gasteiger partial charge is 0.328 e. The number of hydrogen-bond acceptors (Lipinski definition) is 4. The molecule has 1 amide bonds. The zero-order valence-electron chi connectivity index (χ0n) is 11.9. The highest BCUT2D eigenvalue weighted by Crippen LogP contribution is 2.25. The Morgan fingerprint density at radius 3 is 2.90 bits per heavy atom. The summed E-state index contributed by atoms with van der Waals surface area (Å²) in [6.07, 6.45) is 4.46. The van der Waals surface area contributed by atoms with E-state index in [0.717, 1.165) is 19.3 Å². The van der Waals surface area contributed by atoms with Crippen molar-refractivity contribution in [1.29, 1.82) is 0 Å². The molecular weight excluding hydrogens is 262 g/mol. The molecule has 0 bridgehead atoms. The van der Waals surface area contributed by atoms with Gasteiger partial charge in [0.1, 0.15) is 6.61 Å². The number of hydrogen-bond donors (Lipinski definition) is 1. The summed E-state index contributed by atoms with van der Waals surface area (Å²) in [5.74, 6) is -0.637. The summed E-state index contributed by atoms with van der Waals surface area (Å²) in [7, 11) is 0. The van der Waals surface area contributed by atoms with Crippen LogP contribution < -0.4 is 0 Å². The summed E-state index contributed by atoms with van der Waals surface area (Å²) in [4.78, 5) is 24.6. The molecule has 2 fully saturated rings. The third kappa shape index (κ3) is 3.93. The van der Waals surface area contributed by atoms with E-state index in [1.54, 1.807) is 0 Å². The standard InChI is InChI=1S/C14H23NO5/c1-10-3-2-4-11(7-10)20-9-13(16)15-5-6-19-8-12(15)14(17)18/h10-12H,2-9H2,1H3,(H,17,18)/t10-,11-,12+/m1/s1. The molecule has 0 aromatic carbocycles. The molecule has 0 radical (unpaired) electrons. The molecule has 3 atom stereocenters. The fourth-order valence-electron chi connectivity index (χ4n) is 2.91. The summed E-state index contributed by atoms with van der Waals surface area (Å²) in [6.45, 7) is 2.93. The number of carbonyl (C=O) groups excluding carboxylic acids is 1. The van der Waals surface area contributed by atoms with E-state index in [9.17, 15) is 9.59 Å². The number of amides is 1. The average molecular weight is 285 g/mol. The van der Waals surface area contributed by atoms with Crippen LogP contribution in [0.25, 0.3) is 0 Å². The Kier molecular flexibility index (Phi) is 5.37. The number of rotatable bonds is 4. The molecular formula is C14H23NO5. The number of carbonyl (C=O) groups is 2. The lowest BCUT2D eigenvalue weighted by molar-refractivity contribution is -0.161. The quantitative estimate of drug-likeness (QED) is 0.830. The first-order valence-electron chi connectivity index (χ1n) is 7.29. The van der Waals surface area contributed by atoms with Crippen molar-refractivity contribution in [3.8, 4) is 0 Å². The van der Waals surface area contributed by atoms with Crippen molar-refractivity contribution < 1.29 is 24.2 Å². The van der Waals surface area contributed by atoms with Crippen LogP contribution in [0.2, 0.25) is 0 Å². The Morgan fingerprint density at radius 2 is 2.20 bits per heavy atom. The molecule has 0 spiro atoms. The van der Waals surface area contributed by atoms with Gasteiger partial charge in [-0.25, -0.2) is 4.79 Å². The number of aliphatic carboxylic acids is 1. The second-order valence-electron chi connectivity index (χ2n) is 5.72. The first-order chi connectivity index (χ1) is 9.58. The SMILES string of the molecule is C[C@@H]1CCC[C@@H](OCC(=O)N2CCOC[C@H]2C(=O)O)C1. The molecule has 2 aliphatic rings. The lowest BCUT2D eigenvalue weighted by atomic mass is 9.89. The van der Waals surface area contributed by atoms with E-state index in [1.807, 2.05) is 0 Å². The molecule has 1 N–H and O–H groups in total. The zero-order valence-corrected chi connectivity index (χ0v) is 11.9. The molecule has 0 aromatic heterocycles. The summed E-state index contributed by atoms with van der Waals surface area (Å²) in [6, 6.07) is -0.884. The minimum Gasteiger partial charge on any atom is -0.480 e. The van der Waals surface area contributed by atoms with Crippen molar-refractivity contribution in [3.05, 3.63) is 0 Å². The van der Waals surface area contributed by atoms with Gasteiger partial charge in [0.2, 0.25) is 5.91 Å². The Balaban J connectivity index is 1.82. The maximum Gasteiger partial charge on any atom is 0.328 e. The normalized spacial score (nSPS) is 31.1. The number of nitrogens with zero attached hydrogens (tertiary/aromatic N) is 1. The van der Waals surface area contributed by atoms with Crippen LogP contribution in [0.3, 0.4) is 0 Å². The Hall–Kier alpha value is -1.14. The van der Waals surface area contributed by atoms with Crippen LogP contribution in [0, 0.1) is 5.92 Å². The minimum absolute atomic E-state index is 0.0266. The zero-order chi connectivity index (χ0) is 14.5. The lowest BCUT2D eigenvalue weighted by Crippen LogP contribution is -2.53. The van der Waals surface area contributed by atoms with Gasteiger partial charge in [-0.1, -0.05) is 19.8 Å². The maximum absolute atomic E-state index is 12.1. The van der Waals surface area contributed by atoms with E-state index >= 15 is 0 Å².